The summed E-state index contributed by atoms with van der Waals surface area (Å²) in [4.78, 5) is 27.3. The Morgan fingerprint density at radius 2 is 1.50 bits per heavy atom. The van der Waals surface area contributed by atoms with Crippen LogP contribution in [0.1, 0.15) is 40.5 Å². The zero-order chi connectivity index (χ0) is 14.3. The van der Waals surface area contributed by atoms with Gasteiger partial charge in [0.15, 0.2) is 0 Å². The van der Waals surface area contributed by atoms with Crippen LogP contribution in [-0.4, -0.2) is 53.8 Å². The number of nitrogens with two attached hydrogens (primary N) is 1. The summed E-state index contributed by atoms with van der Waals surface area (Å²) in [6.07, 6.45) is 1.15. The smallest absolute Gasteiger partial charge is 0.242 e. The molecule has 0 aromatic carbocycles. The van der Waals surface area contributed by atoms with Gasteiger partial charge in [0.1, 0.15) is 0 Å². The molecule has 0 rings (SSSR count). The van der Waals surface area contributed by atoms with Crippen molar-refractivity contribution < 1.29 is 9.59 Å². The van der Waals surface area contributed by atoms with Crippen molar-refractivity contribution in [3.8, 4) is 0 Å². The van der Waals surface area contributed by atoms with Crippen LogP contribution in [0.5, 0.6) is 0 Å². The van der Waals surface area contributed by atoms with Gasteiger partial charge in [-0.2, -0.15) is 0 Å². The Bertz CT molecular complexity index is 284. The predicted octanol–water partition coefficient (Wildman–Crippen LogP) is 0.831. The van der Waals surface area contributed by atoms with E-state index in [0.29, 0.717) is 25.9 Å². The van der Waals surface area contributed by atoms with Crippen LogP contribution in [0.25, 0.3) is 0 Å². The van der Waals surface area contributed by atoms with Gasteiger partial charge in [0.2, 0.25) is 11.8 Å². The van der Waals surface area contributed by atoms with Crippen molar-refractivity contribution in [2.24, 2.45) is 5.73 Å². The van der Waals surface area contributed by atoms with Crippen molar-refractivity contribution in [3.05, 3.63) is 0 Å². The first-order chi connectivity index (χ1) is 8.36. The lowest BCUT2D eigenvalue weighted by Gasteiger charge is -2.31. The minimum Gasteiger partial charge on any atom is -0.342 e. The largest absolute Gasteiger partial charge is 0.342 e. The van der Waals surface area contributed by atoms with Crippen LogP contribution >= 0.6 is 0 Å². The van der Waals surface area contributed by atoms with Crippen LogP contribution in [0.4, 0.5) is 0 Å². The third-order valence-electron chi connectivity index (χ3n) is 3.52. The molecular formula is C13H27N3O2. The summed E-state index contributed by atoms with van der Waals surface area (Å²) in [7, 11) is 1.64. The van der Waals surface area contributed by atoms with Crippen molar-refractivity contribution >= 4 is 11.8 Å². The second-order valence-electron chi connectivity index (χ2n) is 4.59. The van der Waals surface area contributed by atoms with Crippen LogP contribution in [0, 0.1) is 0 Å². The van der Waals surface area contributed by atoms with Gasteiger partial charge in [-0.3, -0.25) is 9.59 Å². The third kappa shape index (κ3) is 3.98. The van der Waals surface area contributed by atoms with E-state index < -0.39 is 5.54 Å². The molecule has 2 amide bonds. The van der Waals surface area contributed by atoms with Gasteiger partial charge in [0.05, 0.1) is 12.1 Å². The molecule has 0 saturated heterocycles. The van der Waals surface area contributed by atoms with E-state index in [2.05, 4.69) is 0 Å². The minimum atomic E-state index is -0.849. The van der Waals surface area contributed by atoms with E-state index in [9.17, 15) is 9.59 Å². The molecule has 0 aliphatic heterocycles. The molecule has 0 aromatic heterocycles. The summed E-state index contributed by atoms with van der Waals surface area (Å²) < 4.78 is 0. The zero-order valence-electron chi connectivity index (χ0n) is 12.3. The number of hydrogen-bond donors (Lipinski definition) is 1. The average molecular weight is 257 g/mol. The summed E-state index contributed by atoms with van der Waals surface area (Å²) in [5, 5.41) is 0. The van der Waals surface area contributed by atoms with Gasteiger partial charge in [-0.25, -0.2) is 0 Å². The molecule has 5 heteroatoms. The zero-order valence-corrected chi connectivity index (χ0v) is 12.3. The Morgan fingerprint density at radius 3 is 1.83 bits per heavy atom. The summed E-state index contributed by atoms with van der Waals surface area (Å²) in [5.74, 6) is -0.196. The van der Waals surface area contributed by atoms with Gasteiger partial charge in [-0.15, -0.1) is 0 Å². The van der Waals surface area contributed by atoms with Crippen molar-refractivity contribution in [3.63, 3.8) is 0 Å². The Balaban J connectivity index is 4.63. The lowest BCUT2D eigenvalue weighted by molar-refractivity contribution is -0.142. The molecule has 0 saturated carbocycles. The lowest BCUT2D eigenvalue weighted by Crippen LogP contribution is -2.55. The minimum absolute atomic E-state index is 0.0367. The van der Waals surface area contributed by atoms with E-state index in [-0.39, 0.29) is 18.4 Å². The van der Waals surface area contributed by atoms with Crippen molar-refractivity contribution in [1.82, 2.24) is 9.80 Å². The van der Waals surface area contributed by atoms with Crippen LogP contribution in [0.3, 0.4) is 0 Å². The molecule has 2 N–H and O–H groups in total. The number of carbonyl (C=O) groups excluding carboxylic acids is 2. The van der Waals surface area contributed by atoms with Crippen LogP contribution in [0.15, 0.2) is 0 Å². The molecular weight excluding hydrogens is 230 g/mol. The highest BCUT2D eigenvalue weighted by Crippen LogP contribution is 2.14. The summed E-state index contributed by atoms with van der Waals surface area (Å²) in [5.41, 5.74) is 5.19. The molecule has 18 heavy (non-hydrogen) atoms. The van der Waals surface area contributed by atoms with E-state index >= 15 is 0 Å². The number of amides is 2. The second kappa shape index (κ2) is 7.36. The highest BCUT2D eigenvalue weighted by atomic mass is 16.2. The summed E-state index contributed by atoms with van der Waals surface area (Å²) in [6, 6.07) is 0. The van der Waals surface area contributed by atoms with Gasteiger partial charge in [-0.05, 0) is 26.7 Å². The fraction of sp³-hybridized carbons (Fsp3) is 0.846. The molecule has 0 aliphatic carbocycles. The Hall–Kier alpha value is -1.10. The van der Waals surface area contributed by atoms with E-state index in [1.165, 1.54) is 4.90 Å². The number of rotatable bonds is 7. The molecule has 0 bridgehead atoms. The van der Waals surface area contributed by atoms with E-state index in [0.717, 1.165) is 0 Å². The van der Waals surface area contributed by atoms with Gasteiger partial charge < -0.3 is 15.5 Å². The average Bonchev–Trinajstić information content (AvgIpc) is 2.38. The highest BCUT2D eigenvalue weighted by molar-refractivity contribution is 5.90. The quantitative estimate of drug-likeness (QED) is 0.734. The normalized spacial score (nSPS) is 11.2. The molecule has 0 atom stereocenters. The molecule has 0 fully saturated rings. The van der Waals surface area contributed by atoms with Gasteiger partial charge in [0, 0.05) is 20.1 Å². The standard InChI is InChI=1S/C13H27N3O2/c1-6-13(14,7-2)12(18)15(5)10-11(17)16(8-3)9-4/h6-10,14H2,1-5H3. The monoisotopic (exact) mass is 257 g/mol. The third-order valence-corrected chi connectivity index (χ3v) is 3.52. The van der Waals surface area contributed by atoms with Crippen LogP contribution in [-0.2, 0) is 9.59 Å². The predicted molar refractivity (Wildman–Crippen MR) is 73.1 cm³/mol. The van der Waals surface area contributed by atoms with Gasteiger partial charge in [-0.1, -0.05) is 13.8 Å². The topological polar surface area (TPSA) is 66.6 Å². The Morgan fingerprint density at radius 1 is 1.06 bits per heavy atom. The molecule has 0 heterocycles. The first-order valence-electron chi connectivity index (χ1n) is 6.68. The molecule has 0 aromatic rings. The SMILES string of the molecule is CCN(CC)C(=O)CN(C)C(=O)C(N)(CC)CC. The van der Waals surface area contributed by atoms with E-state index in [1.54, 1.807) is 11.9 Å². The maximum absolute atomic E-state index is 12.2. The maximum atomic E-state index is 12.2. The number of hydrogen-bond acceptors (Lipinski definition) is 3. The molecule has 0 aliphatic rings. The first-order valence-corrected chi connectivity index (χ1v) is 6.68. The fourth-order valence-corrected chi connectivity index (χ4v) is 1.88. The Kier molecular flexibility index (Phi) is 6.91. The second-order valence-corrected chi connectivity index (χ2v) is 4.59. The van der Waals surface area contributed by atoms with Gasteiger partial charge in [0.25, 0.3) is 0 Å². The van der Waals surface area contributed by atoms with Crippen LogP contribution < -0.4 is 5.73 Å². The summed E-state index contributed by atoms with van der Waals surface area (Å²) in [6.45, 7) is 9.05. The van der Waals surface area contributed by atoms with Crippen LogP contribution in [0.2, 0.25) is 0 Å². The molecule has 106 valence electrons. The van der Waals surface area contributed by atoms with Crippen molar-refractivity contribution in [2.45, 2.75) is 46.1 Å². The highest BCUT2D eigenvalue weighted by Gasteiger charge is 2.33. The molecule has 5 nitrogen and oxygen atoms in total. The lowest BCUT2D eigenvalue weighted by atomic mass is 9.92. The first kappa shape index (κ1) is 16.9. The number of nitrogens with zero attached hydrogens (tertiary/aromatic N) is 2. The van der Waals surface area contributed by atoms with Crippen molar-refractivity contribution in [1.29, 1.82) is 0 Å². The molecule has 0 radical (unpaired) electrons. The van der Waals surface area contributed by atoms with Gasteiger partial charge >= 0.3 is 0 Å². The number of likely N-dealkylation sites (N-methyl/N-ethyl adjacent to an activating group) is 2. The van der Waals surface area contributed by atoms with Crippen molar-refractivity contribution in [2.75, 3.05) is 26.7 Å². The number of carbonyl (C=O) groups is 2. The molecule has 0 unspecified atom stereocenters. The maximum Gasteiger partial charge on any atom is 0.242 e. The van der Waals surface area contributed by atoms with E-state index in [4.69, 9.17) is 5.73 Å². The molecule has 0 spiro atoms. The van der Waals surface area contributed by atoms with E-state index in [1.807, 2.05) is 27.7 Å². The fourth-order valence-electron chi connectivity index (χ4n) is 1.88. The Labute approximate surface area is 110 Å². The summed E-state index contributed by atoms with van der Waals surface area (Å²) >= 11 is 0.